The van der Waals surface area contributed by atoms with Crippen LogP contribution < -0.4 is 0 Å². The fraction of sp³-hybridized carbons (Fsp3) is 0.857. The third-order valence-corrected chi connectivity index (χ3v) is 1.74. The van der Waals surface area contributed by atoms with Gasteiger partial charge in [0.1, 0.15) is 0 Å². The first-order valence-electron chi connectivity index (χ1n) is 3.40. The fourth-order valence-corrected chi connectivity index (χ4v) is 0.854. The van der Waals surface area contributed by atoms with Gasteiger partial charge in [-0.25, -0.2) is 0 Å². The maximum Gasteiger partial charge on any atom is 0.169 e. The summed E-state index contributed by atoms with van der Waals surface area (Å²) in [4.78, 5) is 4.03. The van der Waals surface area contributed by atoms with Crippen molar-refractivity contribution in [1.29, 1.82) is 0 Å². The van der Waals surface area contributed by atoms with Crippen LogP contribution in [0, 0.1) is 11.8 Å². The minimum atomic E-state index is 0.634. The van der Waals surface area contributed by atoms with E-state index in [4.69, 9.17) is 4.74 Å². The smallest absolute Gasteiger partial charge is 0.169 e. The third-order valence-electron chi connectivity index (χ3n) is 1.74. The van der Waals surface area contributed by atoms with Crippen molar-refractivity contribution in [2.24, 2.45) is 16.8 Å². The summed E-state index contributed by atoms with van der Waals surface area (Å²) in [6, 6.07) is 0. The molecule has 0 spiro atoms. The van der Waals surface area contributed by atoms with Crippen LogP contribution in [0.2, 0.25) is 0 Å². The highest BCUT2D eigenvalue weighted by atomic mass is 16.5. The third kappa shape index (κ3) is 1.70. The fourth-order valence-electron chi connectivity index (χ4n) is 0.854. The molecule has 1 unspecified atom stereocenters. The molecule has 2 nitrogen and oxygen atoms in total. The lowest BCUT2D eigenvalue weighted by Gasteiger charge is -2.20. The normalized spacial score (nSPS) is 26.3. The Morgan fingerprint density at radius 1 is 1.67 bits per heavy atom. The van der Waals surface area contributed by atoms with Crippen molar-refractivity contribution in [3.8, 4) is 0 Å². The summed E-state index contributed by atoms with van der Waals surface area (Å²) in [5.41, 5.74) is 0. The summed E-state index contributed by atoms with van der Waals surface area (Å²) < 4.78 is 5.05. The van der Waals surface area contributed by atoms with Crippen LogP contribution in [0.1, 0.15) is 13.8 Å². The maximum atomic E-state index is 5.05. The highest BCUT2D eigenvalue weighted by Gasteiger charge is 2.14. The quantitative estimate of drug-likeness (QED) is 0.520. The van der Waals surface area contributed by atoms with Gasteiger partial charge in [0.25, 0.3) is 0 Å². The van der Waals surface area contributed by atoms with Crippen molar-refractivity contribution in [2.75, 3.05) is 13.2 Å². The summed E-state index contributed by atoms with van der Waals surface area (Å²) in [7, 11) is 0. The molecular weight excluding hydrogens is 114 g/mol. The van der Waals surface area contributed by atoms with E-state index in [1.165, 1.54) is 0 Å². The summed E-state index contributed by atoms with van der Waals surface area (Å²) >= 11 is 0. The van der Waals surface area contributed by atoms with E-state index in [2.05, 4.69) is 18.8 Å². The van der Waals surface area contributed by atoms with E-state index in [9.17, 15) is 0 Å². The van der Waals surface area contributed by atoms with E-state index in [0.29, 0.717) is 11.8 Å². The Bertz CT molecular complexity index is 109. The molecule has 0 aromatic carbocycles. The first-order chi connectivity index (χ1) is 4.30. The minimum absolute atomic E-state index is 0.634. The predicted octanol–water partition coefficient (Wildman–Crippen LogP) is 1.32. The molecule has 2 heteroatoms. The molecule has 52 valence electrons. The van der Waals surface area contributed by atoms with Gasteiger partial charge < -0.3 is 4.74 Å². The second-order valence-electron chi connectivity index (χ2n) is 2.81. The van der Waals surface area contributed by atoms with Gasteiger partial charge in [-0.3, -0.25) is 4.99 Å². The van der Waals surface area contributed by atoms with Gasteiger partial charge in [-0.2, -0.15) is 0 Å². The number of hydrogen-bond donors (Lipinski definition) is 0. The van der Waals surface area contributed by atoms with Crippen molar-refractivity contribution in [3.63, 3.8) is 0 Å². The Morgan fingerprint density at radius 2 is 2.44 bits per heavy atom. The summed E-state index contributed by atoms with van der Waals surface area (Å²) in [6.07, 6.45) is 1.55. The molecule has 9 heavy (non-hydrogen) atoms. The van der Waals surface area contributed by atoms with E-state index in [1.807, 2.05) is 0 Å². The van der Waals surface area contributed by atoms with E-state index in [-0.39, 0.29) is 0 Å². The van der Waals surface area contributed by atoms with Crippen LogP contribution in [0.25, 0.3) is 0 Å². The van der Waals surface area contributed by atoms with Crippen molar-refractivity contribution < 1.29 is 4.74 Å². The lowest BCUT2D eigenvalue weighted by molar-refractivity contribution is 0.195. The van der Waals surface area contributed by atoms with E-state index < -0.39 is 0 Å². The molecule has 0 radical (unpaired) electrons. The van der Waals surface area contributed by atoms with Crippen LogP contribution >= 0.6 is 0 Å². The summed E-state index contributed by atoms with van der Waals surface area (Å²) in [5.74, 6) is 1.33. The molecule has 0 aromatic rings. The lowest BCUT2D eigenvalue weighted by atomic mass is 9.97. The Morgan fingerprint density at radius 3 is 2.78 bits per heavy atom. The molecule has 1 aliphatic rings. The maximum absolute atomic E-state index is 5.05. The van der Waals surface area contributed by atoms with Gasteiger partial charge >= 0.3 is 0 Å². The zero-order valence-electron chi connectivity index (χ0n) is 6.00. The first-order valence-corrected chi connectivity index (χ1v) is 3.40. The van der Waals surface area contributed by atoms with Crippen molar-refractivity contribution >= 4 is 6.40 Å². The highest BCUT2D eigenvalue weighted by molar-refractivity contribution is 5.47. The van der Waals surface area contributed by atoms with Crippen LogP contribution in [-0.2, 0) is 4.74 Å². The average molecular weight is 127 g/mol. The van der Waals surface area contributed by atoms with Crippen LogP contribution in [-0.4, -0.2) is 19.6 Å². The number of aliphatic imine (C=N–C) groups is 1. The Kier molecular flexibility index (Phi) is 2.09. The number of hydrogen-bond acceptors (Lipinski definition) is 2. The molecule has 0 saturated carbocycles. The molecule has 0 bridgehead atoms. The molecule has 0 saturated heterocycles. The molecule has 1 atom stereocenters. The first kappa shape index (κ1) is 6.59. The van der Waals surface area contributed by atoms with E-state index in [1.54, 1.807) is 6.40 Å². The SMILES string of the molecule is CC(C)C1CN=COC1. The Balaban J connectivity index is 2.35. The van der Waals surface area contributed by atoms with Crippen LogP contribution in [0.15, 0.2) is 4.99 Å². The number of nitrogens with zero attached hydrogens (tertiary/aromatic N) is 1. The molecule has 1 heterocycles. The highest BCUT2D eigenvalue weighted by Crippen LogP contribution is 2.13. The van der Waals surface area contributed by atoms with Gasteiger partial charge in [-0.05, 0) is 5.92 Å². The second-order valence-corrected chi connectivity index (χ2v) is 2.81. The molecule has 1 aliphatic heterocycles. The summed E-state index contributed by atoms with van der Waals surface area (Å²) in [5, 5.41) is 0. The van der Waals surface area contributed by atoms with Crippen molar-refractivity contribution in [2.45, 2.75) is 13.8 Å². The molecular formula is C7H13NO. The van der Waals surface area contributed by atoms with Crippen LogP contribution in [0.5, 0.6) is 0 Å². The lowest BCUT2D eigenvalue weighted by Crippen LogP contribution is -2.22. The monoisotopic (exact) mass is 127 g/mol. The van der Waals surface area contributed by atoms with Crippen molar-refractivity contribution in [3.05, 3.63) is 0 Å². The Hall–Kier alpha value is -0.530. The largest absolute Gasteiger partial charge is 0.483 e. The average Bonchev–Trinajstić information content (AvgIpc) is 1.90. The van der Waals surface area contributed by atoms with Gasteiger partial charge in [0.2, 0.25) is 0 Å². The topological polar surface area (TPSA) is 21.6 Å². The molecule has 0 amide bonds. The number of rotatable bonds is 1. The second kappa shape index (κ2) is 2.85. The van der Waals surface area contributed by atoms with Crippen molar-refractivity contribution in [1.82, 2.24) is 0 Å². The van der Waals surface area contributed by atoms with E-state index in [0.717, 1.165) is 13.2 Å². The van der Waals surface area contributed by atoms with Gasteiger partial charge in [0.05, 0.1) is 6.61 Å². The van der Waals surface area contributed by atoms with Gasteiger partial charge in [-0.15, -0.1) is 0 Å². The van der Waals surface area contributed by atoms with Gasteiger partial charge in [0, 0.05) is 12.5 Å². The van der Waals surface area contributed by atoms with Crippen LogP contribution in [0.3, 0.4) is 0 Å². The molecule has 0 fully saturated rings. The predicted molar refractivity (Wildman–Crippen MR) is 37.6 cm³/mol. The van der Waals surface area contributed by atoms with Gasteiger partial charge in [0.15, 0.2) is 6.40 Å². The zero-order chi connectivity index (χ0) is 6.69. The molecule has 0 N–H and O–H groups in total. The Labute approximate surface area is 55.9 Å². The van der Waals surface area contributed by atoms with E-state index >= 15 is 0 Å². The number of ether oxygens (including phenoxy) is 1. The molecule has 1 rings (SSSR count). The van der Waals surface area contributed by atoms with Gasteiger partial charge in [-0.1, -0.05) is 13.8 Å². The standard InChI is InChI=1S/C7H13NO/c1-6(2)7-3-8-5-9-4-7/h5-7H,3-4H2,1-2H3. The molecule has 0 aromatic heterocycles. The summed E-state index contributed by atoms with van der Waals surface area (Å²) in [6.45, 7) is 6.20. The zero-order valence-corrected chi connectivity index (χ0v) is 6.00. The molecule has 0 aliphatic carbocycles. The minimum Gasteiger partial charge on any atom is -0.483 e. The van der Waals surface area contributed by atoms with Crippen LogP contribution in [0.4, 0.5) is 0 Å².